The van der Waals surface area contributed by atoms with E-state index >= 15 is 4.39 Å². The lowest BCUT2D eigenvalue weighted by Gasteiger charge is -2.13. The lowest BCUT2D eigenvalue weighted by Crippen LogP contribution is -2.24. The molecular weight excluding hydrogens is 520 g/mol. The second-order valence-corrected chi connectivity index (χ2v) is 9.00. The SMILES string of the molecule is COc1cc(C(=O)Nn2c(NCc3ccc(-c4cc(Cl)cc(Cl)c4C)cc3F)nc3ccccc32)on1. The molecule has 37 heavy (non-hydrogen) atoms. The normalized spacial score (nSPS) is 11.1. The van der Waals surface area contributed by atoms with Crippen molar-refractivity contribution in [3.05, 3.63) is 93.4 Å². The number of aromatic nitrogens is 3. The number of imidazole rings is 1. The number of anilines is 1. The van der Waals surface area contributed by atoms with E-state index in [1.54, 1.807) is 36.4 Å². The van der Waals surface area contributed by atoms with Crippen molar-refractivity contribution in [1.29, 1.82) is 0 Å². The maximum absolute atomic E-state index is 15.1. The third-order valence-corrected chi connectivity index (χ3v) is 6.42. The lowest BCUT2D eigenvalue weighted by molar-refractivity contribution is 0.0973. The molecule has 1 amide bonds. The van der Waals surface area contributed by atoms with Crippen molar-refractivity contribution < 1.29 is 18.4 Å². The quantitative estimate of drug-likeness (QED) is 0.247. The monoisotopic (exact) mass is 539 g/mol. The number of halogens is 3. The van der Waals surface area contributed by atoms with Crippen LogP contribution in [-0.2, 0) is 6.54 Å². The summed E-state index contributed by atoms with van der Waals surface area (Å²) < 4.78 is 26.6. The summed E-state index contributed by atoms with van der Waals surface area (Å²) in [6.07, 6.45) is 0. The highest BCUT2D eigenvalue weighted by molar-refractivity contribution is 6.35. The van der Waals surface area contributed by atoms with E-state index in [2.05, 4.69) is 20.9 Å². The van der Waals surface area contributed by atoms with E-state index in [0.717, 1.165) is 11.1 Å². The zero-order valence-electron chi connectivity index (χ0n) is 19.7. The van der Waals surface area contributed by atoms with E-state index in [1.165, 1.54) is 23.9 Å². The van der Waals surface area contributed by atoms with Gasteiger partial charge in [-0.3, -0.25) is 10.2 Å². The fourth-order valence-corrected chi connectivity index (χ4v) is 4.35. The van der Waals surface area contributed by atoms with Crippen molar-refractivity contribution in [2.75, 3.05) is 17.9 Å². The first kappa shape index (κ1) is 24.6. The van der Waals surface area contributed by atoms with Crippen LogP contribution in [-0.4, -0.2) is 27.8 Å². The molecule has 3 aromatic carbocycles. The number of nitrogens with one attached hydrogen (secondary N) is 2. The standard InChI is InChI=1S/C26H20Cl2FN5O3/c1-14-18(10-17(27)11-19(14)28)15-7-8-16(20(29)9-15)13-30-26-31-21-5-3-4-6-22(21)34(26)32-25(35)23-12-24(36-2)33-37-23/h3-12H,13H2,1-2H3,(H,30,31)(H,32,35). The van der Waals surface area contributed by atoms with Gasteiger partial charge in [0, 0.05) is 22.2 Å². The van der Waals surface area contributed by atoms with Gasteiger partial charge in [-0.2, -0.15) is 0 Å². The van der Waals surface area contributed by atoms with Gasteiger partial charge in [-0.05, 0) is 59.1 Å². The first-order valence-electron chi connectivity index (χ1n) is 11.1. The molecule has 2 aromatic heterocycles. The van der Waals surface area contributed by atoms with Gasteiger partial charge in [-0.1, -0.05) is 47.5 Å². The van der Waals surface area contributed by atoms with Crippen LogP contribution in [0, 0.1) is 12.7 Å². The summed E-state index contributed by atoms with van der Waals surface area (Å²) in [5, 5.41) is 7.74. The van der Waals surface area contributed by atoms with Gasteiger partial charge in [0.25, 0.3) is 5.88 Å². The number of nitrogens with zero attached hydrogens (tertiary/aromatic N) is 3. The Labute approximate surface area is 220 Å². The molecule has 5 aromatic rings. The molecule has 8 nitrogen and oxygen atoms in total. The molecule has 0 saturated carbocycles. The molecule has 11 heteroatoms. The van der Waals surface area contributed by atoms with Gasteiger partial charge >= 0.3 is 5.91 Å². The maximum atomic E-state index is 15.1. The molecule has 0 aliphatic carbocycles. The van der Waals surface area contributed by atoms with Crippen molar-refractivity contribution in [2.45, 2.75) is 13.5 Å². The van der Waals surface area contributed by atoms with Gasteiger partial charge in [-0.15, -0.1) is 0 Å². The van der Waals surface area contributed by atoms with Crippen LogP contribution in [0.5, 0.6) is 5.88 Å². The van der Waals surface area contributed by atoms with Gasteiger partial charge in [0.1, 0.15) is 5.82 Å². The molecule has 0 aliphatic rings. The van der Waals surface area contributed by atoms with Crippen LogP contribution in [0.15, 0.2) is 65.2 Å². The average Bonchev–Trinajstić information content (AvgIpc) is 3.50. The van der Waals surface area contributed by atoms with Gasteiger partial charge < -0.3 is 14.6 Å². The highest BCUT2D eigenvalue weighted by Gasteiger charge is 2.18. The molecule has 0 aliphatic heterocycles. The number of hydrogen-bond acceptors (Lipinski definition) is 6. The smallest absolute Gasteiger partial charge is 0.308 e. The van der Waals surface area contributed by atoms with Gasteiger partial charge in [-0.25, -0.2) is 14.1 Å². The highest BCUT2D eigenvalue weighted by atomic mass is 35.5. The molecule has 0 radical (unpaired) electrons. The van der Waals surface area contributed by atoms with Crippen LogP contribution < -0.4 is 15.5 Å². The second kappa shape index (κ2) is 10.1. The second-order valence-electron chi connectivity index (χ2n) is 8.15. The summed E-state index contributed by atoms with van der Waals surface area (Å²) in [6, 6.07) is 16.9. The Hall–Kier alpha value is -4.08. The molecule has 0 atom stereocenters. The van der Waals surface area contributed by atoms with E-state index < -0.39 is 11.7 Å². The molecule has 2 N–H and O–H groups in total. The molecule has 0 bridgehead atoms. The van der Waals surface area contributed by atoms with Crippen molar-refractivity contribution in [3.63, 3.8) is 0 Å². The average molecular weight is 540 g/mol. The minimum atomic E-state index is -0.562. The third-order valence-electron chi connectivity index (χ3n) is 5.81. The van der Waals surface area contributed by atoms with E-state index in [1.807, 2.05) is 19.1 Å². The number of methoxy groups -OCH3 is 1. The largest absolute Gasteiger partial charge is 0.479 e. The lowest BCUT2D eigenvalue weighted by atomic mass is 9.99. The van der Waals surface area contributed by atoms with E-state index in [4.69, 9.17) is 32.5 Å². The van der Waals surface area contributed by atoms with Crippen molar-refractivity contribution in [2.24, 2.45) is 0 Å². The van der Waals surface area contributed by atoms with Gasteiger partial charge in [0.2, 0.25) is 11.7 Å². The first-order valence-corrected chi connectivity index (χ1v) is 11.9. The highest BCUT2D eigenvalue weighted by Crippen LogP contribution is 2.33. The summed E-state index contributed by atoms with van der Waals surface area (Å²) in [7, 11) is 1.42. The maximum Gasteiger partial charge on any atom is 0.308 e. The van der Waals surface area contributed by atoms with Crippen LogP contribution in [0.25, 0.3) is 22.2 Å². The Morgan fingerprint density at radius 2 is 1.95 bits per heavy atom. The number of rotatable bonds is 7. The van der Waals surface area contributed by atoms with E-state index in [0.29, 0.717) is 38.2 Å². The van der Waals surface area contributed by atoms with Crippen LogP contribution >= 0.6 is 23.2 Å². The summed E-state index contributed by atoms with van der Waals surface area (Å²) >= 11 is 12.4. The first-order chi connectivity index (χ1) is 17.8. The Balaban J connectivity index is 1.40. The van der Waals surface area contributed by atoms with Crippen molar-refractivity contribution >= 4 is 46.1 Å². The van der Waals surface area contributed by atoms with Gasteiger partial charge in [0.15, 0.2) is 0 Å². The fourth-order valence-electron chi connectivity index (χ4n) is 3.85. The summed E-state index contributed by atoms with van der Waals surface area (Å²) in [5.41, 5.74) is 6.62. The Morgan fingerprint density at radius 3 is 2.70 bits per heavy atom. The summed E-state index contributed by atoms with van der Waals surface area (Å²) in [6.45, 7) is 1.96. The van der Waals surface area contributed by atoms with Crippen LogP contribution in [0.3, 0.4) is 0 Å². The molecular formula is C26H20Cl2FN5O3. The number of hydrogen-bond donors (Lipinski definition) is 2. The third kappa shape index (κ3) is 4.96. The Kier molecular flexibility index (Phi) is 6.73. The van der Waals surface area contributed by atoms with Crippen molar-refractivity contribution in [1.82, 2.24) is 14.8 Å². The van der Waals surface area contributed by atoms with Crippen molar-refractivity contribution in [3.8, 4) is 17.0 Å². The number of fused-ring (bicyclic) bond motifs is 1. The molecule has 0 spiro atoms. The zero-order chi connectivity index (χ0) is 26.1. The topological polar surface area (TPSA) is 94.2 Å². The molecule has 0 fully saturated rings. The minimum absolute atomic E-state index is 0.0429. The number of ether oxygens (including phenoxy) is 1. The zero-order valence-corrected chi connectivity index (χ0v) is 21.2. The molecule has 188 valence electrons. The van der Waals surface area contributed by atoms with E-state index in [9.17, 15) is 4.79 Å². The van der Waals surface area contributed by atoms with Crippen LogP contribution in [0.2, 0.25) is 10.0 Å². The van der Waals surface area contributed by atoms with E-state index in [-0.39, 0.29) is 18.2 Å². The molecule has 0 saturated heterocycles. The molecule has 2 heterocycles. The number of amides is 1. The number of benzene rings is 3. The minimum Gasteiger partial charge on any atom is -0.479 e. The predicted octanol–water partition coefficient (Wildman–Crippen LogP) is 6.45. The molecule has 5 rings (SSSR count). The van der Waals surface area contributed by atoms with Gasteiger partial charge in [0.05, 0.1) is 24.2 Å². The number of carbonyl (C=O) groups is 1. The summed E-state index contributed by atoms with van der Waals surface area (Å²) in [5.74, 6) is -0.539. The molecule has 0 unspecified atom stereocenters. The number of para-hydroxylation sites is 2. The predicted molar refractivity (Wildman–Crippen MR) is 140 cm³/mol. The Morgan fingerprint density at radius 1 is 1.14 bits per heavy atom. The summed E-state index contributed by atoms with van der Waals surface area (Å²) in [4.78, 5) is 17.3. The fraction of sp³-hybridized carbons (Fsp3) is 0.115. The van der Waals surface area contributed by atoms with Crippen LogP contribution in [0.1, 0.15) is 21.7 Å². The number of carbonyl (C=O) groups excluding carboxylic acids is 1. The Bertz CT molecular complexity index is 1630. The van der Waals surface area contributed by atoms with Crippen LogP contribution in [0.4, 0.5) is 10.3 Å².